The van der Waals surface area contributed by atoms with E-state index in [1.807, 2.05) is 30.3 Å². The average molecular weight is 478 g/mol. The normalized spacial score (nSPS) is 12.7. The number of halogens is 1. The number of nitrogens with zero attached hydrogens (tertiary/aromatic N) is 1. The van der Waals surface area contributed by atoms with Crippen LogP contribution in [0.3, 0.4) is 0 Å². The summed E-state index contributed by atoms with van der Waals surface area (Å²) in [7, 11) is 0. The van der Waals surface area contributed by atoms with Crippen LogP contribution in [-0.4, -0.2) is 24.3 Å². The highest BCUT2D eigenvalue weighted by Crippen LogP contribution is 2.32. The van der Waals surface area contributed by atoms with Crippen molar-refractivity contribution in [3.63, 3.8) is 0 Å². The first kappa shape index (κ1) is 19.3. The molecule has 2 aromatic carbocycles. The highest BCUT2D eigenvalue weighted by Gasteiger charge is 2.13. The number of guanidine groups is 1. The highest BCUT2D eigenvalue weighted by atomic mass is 127. The molecule has 4 rings (SSSR count). The number of H-pyrrole nitrogens is 1. The van der Waals surface area contributed by atoms with Gasteiger partial charge in [0.25, 0.3) is 0 Å². The van der Waals surface area contributed by atoms with Crippen LogP contribution in [0.25, 0.3) is 10.9 Å². The first-order valence-corrected chi connectivity index (χ1v) is 8.79. The maximum atomic E-state index is 5.42. The Bertz CT molecular complexity index is 906. The Labute approximate surface area is 175 Å². The molecule has 0 bridgehead atoms. The summed E-state index contributed by atoms with van der Waals surface area (Å²) in [6.45, 7) is 4.40. The van der Waals surface area contributed by atoms with E-state index in [0.717, 1.165) is 40.8 Å². The van der Waals surface area contributed by atoms with Crippen molar-refractivity contribution in [3.8, 4) is 11.5 Å². The quantitative estimate of drug-likeness (QED) is 0.297. The highest BCUT2D eigenvalue weighted by molar-refractivity contribution is 14.0. The summed E-state index contributed by atoms with van der Waals surface area (Å²) in [5.41, 5.74) is 3.35. The number of nitrogens with one attached hydrogen (secondary N) is 3. The van der Waals surface area contributed by atoms with Crippen LogP contribution in [0.4, 0.5) is 0 Å². The fraction of sp³-hybridized carbons (Fsp3) is 0.250. The summed E-state index contributed by atoms with van der Waals surface area (Å²) >= 11 is 0. The van der Waals surface area contributed by atoms with Gasteiger partial charge in [0.1, 0.15) is 0 Å². The molecule has 3 aromatic rings. The van der Waals surface area contributed by atoms with Gasteiger partial charge < -0.3 is 25.1 Å². The monoisotopic (exact) mass is 478 g/mol. The van der Waals surface area contributed by atoms with Crippen molar-refractivity contribution in [2.75, 3.05) is 13.3 Å². The van der Waals surface area contributed by atoms with Gasteiger partial charge in [0, 0.05) is 17.8 Å². The van der Waals surface area contributed by atoms with Crippen molar-refractivity contribution < 1.29 is 9.47 Å². The van der Waals surface area contributed by atoms with Crippen molar-refractivity contribution in [3.05, 3.63) is 59.8 Å². The number of aromatic amines is 1. The van der Waals surface area contributed by atoms with Crippen LogP contribution in [-0.2, 0) is 13.1 Å². The summed E-state index contributed by atoms with van der Waals surface area (Å²) in [6.07, 6.45) is 0. The van der Waals surface area contributed by atoms with E-state index >= 15 is 0 Å². The van der Waals surface area contributed by atoms with Gasteiger partial charge >= 0.3 is 0 Å². The summed E-state index contributed by atoms with van der Waals surface area (Å²) in [6, 6.07) is 16.3. The molecule has 0 atom stereocenters. The molecule has 0 fully saturated rings. The van der Waals surface area contributed by atoms with E-state index in [1.165, 1.54) is 5.39 Å². The largest absolute Gasteiger partial charge is 0.454 e. The van der Waals surface area contributed by atoms with Crippen molar-refractivity contribution >= 4 is 40.8 Å². The lowest BCUT2D eigenvalue weighted by Gasteiger charge is -2.10. The van der Waals surface area contributed by atoms with Crippen molar-refractivity contribution in [1.29, 1.82) is 0 Å². The molecule has 0 unspecified atom stereocenters. The zero-order valence-corrected chi connectivity index (χ0v) is 17.4. The first-order valence-electron chi connectivity index (χ1n) is 8.79. The minimum Gasteiger partial charge on any atom is -0.454 e. The second kappa shape index (κ2) is 8.98. The fourth-order valence-electron chi connectivity index (χ4n) is 2.96. The molecule has 1 aliphatic rings. The molecular weight excluding hydrogens is 455 g/mol. The molecule has 0 radical (unpaired) electrons. The second-order valence-corrected chi connectivity index (χ2v) is 6.12. The Hall–Kier alpha value is -2.42. The fourth-order valence-corrected chi connectivity index (χ4v) is 2.96. The molecule has 1 aromatic heterocycles. The van der Waals surface area contributed by atoms with E-state index in [1.54, 1.807) is 0 Å². The molecule has 27 heavy (non-hydrogen) atoms. The lowest BCUT2D eigenvalue weighted by atomic mass is 10.2. The van der Waals surface area contributed by atoms with Gasteiger partial charge in [0.05, 0.1) is 13.1 Å². The zero-order valence-electron chi connectivity index (χ0n) is 15.1. The van der Waals surface area contributed by atoms with Crippen LogP contribution in [0.2, 0.25) is 0 Å². The predicted octanol–water partition coefficient (Wildman–Crippen LogP) is 3.77. The van der Waals surface area contributed by atoms with Gasteiger partial charge in [-0.2, -0.15) is 0 Å². The van der Waals surface area contributed by atoms with Crippen LogP contribution in [0.15, 0.2) is 53.5 Å². The van der Waals surface area contributed by atoms with Gasteiger partial charge in [0.15, 0.2) is 17.5 Å². The number of para-hydroxylation sites is 1. The van der Waals surface area contributed by atoms with Crippen LogP contribution >= 0.6 is 24.0 Å². The molecule has 2 heterocycles. The van der Waals surface area contributed by atoms with Gasteiger partial charge in [-0.15, -0.1) is 24.0 Å². The summed E-state index contributed by atoms with van der Waals surface area (Å²) in [5, 5.41) is 7.86. The summed E-state index contributed by atoms with van der Waals surface area (Å²) in [4.78, 5) is 8.08. The minimum atomic E-state index is 0. The van der Waals surface area contributed by atoms with E-state index in [-0.39, 0.29) is 30.8 Å². The molecule has 142 valence electrons. The van der Waals surface area contributed by atoms with Crippen molar-refractivity contribution in [1.82, 2.24) is 15.6 Å². The maximum absolute atomic E-state index is 5.42. The lowest BCUT2D eigenvalue weighted by molar-refractivity contribution is 0.174. The molecule has 0 amide bonds. The number of rotatable bonds is 5. The number of fused-ring (bicyclic) bond motifs is 2. The molecule has 0 aliphatic carbocycles. The molecule has 0 saturated carbocycles. The molecule has 3 N–H and O–H groups in total. The number of benzene rings is 2. The third-order valence-corrected chi connectivity index (χ3v) is 4.23. The summed E-state index contributed by atoms with van der Waals surface area (Å²) in [5.74, 6) is 2.36. The Morgan fingerprint density at radius 2 is 1.93 bits per heavy atom. The minimum absolute atomic E-state index is 0. The van der Waals surface area contributed by atoms with Gasteiger partial charge in [0.2, 0.25) is 6.79 Å². The number of hydrogen-bond acceptors (Lipinski definition) is 3. The van der Waals surface area contributed by atoms with E-state index in [9.17, 15) is 0 Å². The van der Waals surface area contributed by atoms with Crippen molar-refractivity contribution in [2.45, 2.75) is 20.0 Å². The number of hydrogen-bond donors (Lipinski definition) is 3. The first-order chi connectivity index (χ1) is 12.8. The van der Waals surface area contributed by atoms with Gasteiger partial charge in [-0.25, -0.2) is 4.99 Å². The van der Waals surface area contributed by atoms with Crippen LogP contribution in [0.5, 0.6) is 11.5 Å². The molecule has 6 nitrogen and oxygen atoms in total. The third kappa shape index (κ3) is 4.65. The van der Waals surface area contributed by atoms with E-state index in [0.29, 0.717) is 13.1 Å². The molecule has 0 saturated heterocycles. The van der Waals surface area contributed by atoms with Crippen LogP contribution in [0.1, 0.15) is 18.2 Å². The standard InChI is InChI=1S/C20H22N4O2.HI/c1-2-21-20(22-11-14-7-8-18-19(9-14)26-13-25-18)23-12-16-10-15-5-3-4-6-17(15)24-16;/h3-10,24H,2,11-13H2,1H3,(H2,21,22,23);1H. The zero-order chi connectivity index (χ0) is 17.8. The Morgan fingerprint density at radius 1 is 1.07 bits per heavy atom. The SMILES string of the molecule is CCNC(=NCc1ccc2c(c1)OCO2)NCc1cc2ccccc2[nH]1.I. The van der Waals surface area contributed by atoms with Crippen LogP contribution in [0, 0.1) is 0 Å². The molecular formula is C20H23IN4O2. The predicted molar refractivity (Wildman–Crippen MR) is 118 cm³/mol. The topological polar surface area (TPSA) is 70.7 Å². The van der Waals surface area contributed by atoms with E-state index in [4.69, 9.17) is 9.47 Å². The molecule has 7 heteroatoms. The number of aromatic nitrogens is 1. The number of aliphatic imine (C=N–C) groups is 1. The van der Waals surface area contributed by atoms with Gasteiger partial charge in [-0.05, 0) is 42.1 Å². The Morgan fingerprint density at radius 3 is 2.78 bits per heavy atom. The average Bonchev–Trinajstić information content (AvgIpc) is 3.29. The molecule has 0 spiro atoms. The van der Waals surface area contributed by atoms with Crippen molar-refractivity contribution in [2.24, 2.45) is 4.99 Å². The lowest BCUT2D eigenvalue weighted by Crippen LogP contribution is -2.36. The second-order valence-electron chi connectivity index (χ2n) is 6.12. The van der Waals surface area contributed by atoms with E-state index in [2.05, 4.69) is 45.7 Å². The summed E-state index contributed by atoms with van der Waals surface area (Å²) < 4.78 is 10.8. The maximum Gasteiger partial charge on any atom is 0.231 e. The van der Waals surface area contributed by atoms with E-state index < -0.39 is 0 Å². The Kier molecular flexibility index (Phi) is 6.44. The third-order valence-electron chi connectivity index (χ3n) is 4.23. The number of ether oxygens (including phenoxy) is 2. The van der Waals surface area contributed by atoms with Gasteiger partial charge in [-0.3, -0.25) is 0 Å². The molecule has 1 aliphatic heterocycles. The Balaban J connectivity index is 0.00000210. The smallest absolute Gasteiger partial charge is 0.231 e. The van der Waals surface area contributed by atoms with Crippen LogP contribution < -0.4 is 20.1 Å². The van der Waals surface area contributed by atoms with Gasteiger partial charge in [-0.1, -0.05) is 24.3 Å².